The third-order valence-corrected chi connectivity index (χ3v) is 5.12. The fourth-order valence-corrected chi connectivity index (χ4v) is 3.64. The van der Waals surface area contributed by atoms with Gasteiger partial charge in [0.05, 0.1) is 12.1 Å². The maximum Gasteiger partial charge on any atom is 0.216 e. The molecule has 0 amide bonds. The molecular formula is C18H19N3O2S. The van der Waals surface area contributed by atoms with Gasteiger partial charge in [-0.1, -0.05) is 36.4 Å². The Labute approximate surface area is 142 Å². The van der Waals surface area contributed by atoms with Crippen LogP contribution in [-0.2, 0) is 22.3 Å². The predicted octanol–water partition coefficient (Wildman–Crippen LogP) is 2.80. The van der Waals surface area contributed by atoms with E-state index in [1.807, 2.05) is 66.2 Å². The molecule has 0 aliphatic carbocycles. The van der Waals surface area contributed by atoms with Gasteiger partial charge in [0.2, 0.25) is 10.0 Å². The summed E-state index contributed by atoms with van der Waals surface area (Å²) in [6.45, 7) is 2.19. The second-order valence-corrected chi connectivity index (χ2v) is 7.45. The highest BCUT2D eigenvalue weighted by Crippen LogP contribution is 2.12. The highest BCUT2D eigenvalue weighted by Gasteiger charge is 2.12. The first-order valence-corrected chi connectivity index (χ1v) is 9.28. The maximum atomic E-state index is 12.3. The molecule has 2 aromatic carbocycles. The van der Waals surface area contributed by atoms with Gasteiger partial charge in [0, 0.05) is 24.6 Å². The van der Waals surface area contributed by atoms with Gasteiger partial charge in [-0.25, -0.2) is 18.1 Å². The van der Waals surface area contributed by atoms with Crippen molar-refractivity contribution in [3.8, 4) is 5.69 Å². The number of nitrogens with zero attached hydrogens (tertiary/aromatic N) is 2. The Morgan fingerprint density at radius 2 is 1.83 bits per heavy atom. The molecule has 3 aromatic rings. The Morgan fingerprint density at radius 1 is 1.08 bits per heavy atom. The van der Waals surface area contributed by atoms with Crippen molar-refractivity contribution in [2.24, 2.45) is 0 Å². The number of imidazole rings is 1. The molecule has 0 bridgehead atoms. The molecule has 124 valence electrons. The Balaban J connectivity index is 1.63. The largest absolute Gasteiger partial charge is 0.306 e. The average Bonchev–Trinajstić information content (AvgIpc) is 3.10. The highest BCUT2D eigenvalue weighted by atomic mass is 32.2. The summed E-state index contributed by atoms with van der Waals surface area (Å²) >= 11 is 0. The molecule has 0 atom stereocenters. The topological polar surface area (TPSA) is 64.0 Å². The molecule has 1 N–H and O–H groups in total. The number of hydrogen-bond acceptors (Lipinski definition) is 3. The molecule has 3 rings (SSSR count). The van der Waals surface area contributed by atoms with E-state index in [1.165, 1.54) is 0 Å². The van der Waals surface area contributed by atoms with Crippen LogP contribution >= 0.6 is 0 Å². The molecule has 0 unspecified atom stereocenters. The van der Waals surface area contributed by atoms with E-state index in [9.17, 15) is 8.42 Å². The van der Waals surface area contributed by atoms with Crippen molar-refractivity contribution in [2.45, 2.75) is 19.2 Å². The molecule has 1 heterocycles. The Kier molecular flexibility index (Phi) is 4.78. The van der Waals surface area contributed by atoms with E-state index < -0.39 is 10.0 Å². The number of aromatic nitrogens is 2. The van der Waals surface area contributed by atoms with Crippen molar-refractivity contribution in [3.05, 3.63) is 83.9 Å². The van der Waals surface area contributed by atoms with Crippen molar-refractivity contribution in [1.29, 1.82) is 0 Å². The van der Waals surface area contributed by atoms with Crippen molar-refractivity contribution in [3.63, 3.8) is 0 Å². The third kappa shape index (κ3) is 4.10. The standard InChI is InChI=1S/C18H19N3O2S/c1-15-4-2-3-5-17(15)13-24(22,23)20-12-16-6-8-18(9-7-16)21-11-10-19-14-21/h2-11,14,20H,12-13H2,1H3. The molecular weight excluding hydrogens is 322 g/mol. The molecule has 24 heavy (non-hydrogen) atoms. The van der Waals surface area contributed by atoms with Crippen LogP contribution in [0.4, 0.5) is 0 Å². The monoisotopic (exact) mass is 341 g/mol. The van der Waals surface area contributed by atoms with Crippen LogP contribution in [0.5, 0.6) is 0 Å². The molecule has 0 aliphatic heterocycles. The summed E-state index contributed by atoms with van der Waals surface area (Å²) < 4.78 is 29.1. The molecule has 0 aliphatic rings. The fraction of sp³-hybridized carbons (Fsp3) is 0.167. The lowest BCUT2D eigenvalue weighted by Crippen LogP contribution is -2.25. The van der Waals surface area contributed by atoms with Gasteiger partial charge in [0.1, 0.15) is 0 Å². The number of benzene rings is 2. The van der Waals surface area contributed by atoms with Crippen LogP contribution in [0.3, 0.4) is 0 Å². The lowest BCUT2D eigenvalue weighted by molar-refractivity contribution is 0.580. The Hall–Kier alpha value is -2.44. The maximum absolute atomic E-state index is 12.3. The first kappa shape index (κ1) is 16.4. The number of nitrogens with one attached hydrogen (secondary N) is 1. The van der Waals surface area contributed by atoms with Gasteiger partial charge >= 0.3 is 0 Å². The number of rotatable bonds is 6. The molecule has 0 saturated carbocycles. The summed E-state index contributed by atoms with van der Waals surface area (Å²) in [5.74, 6) is -0.00715. The molecule has 0 fully saturated rings. The van der Waals surface area contributed by atoms with E-state index >= 15 is 0 Å². The summed E-state index contributed by atoms with van der Waals surface area (Å²) in [6.07, 6.45) is 5.30. The van der Waals surface area contributed by atoms with Crippen LogP contribution in [0.25, 0.3) is 5.69 Å². The molecule has 0 radical (unpaired) electrons. The Morgan fingerprint density at radius 3 is 2.50 bits per heavy atom. The van der Waals surface area contributed by atoms with Crippen molar-refractivity contribution >= 4 is 10.0 Å². The minimum atomic E-state index is -3.37. The zero-order valence-electron chi connectivity index (χ0n) is 13.4. The Bertz CT molecular complexity index is 902. The summed E-state index contributed by atoms with van der Waals surface area (Å²) in [7, 11) is -3.37. The van der Waals surface area contributed by atoms with Crippen molar-refractivity contribution < 1.29 is 8.42 Å². The quantitative estimate of drug-likeness (QED) is 0.750. The van der Waals surface area contributed by atoms with Crippen molar-refractivity contribution in [1.82, 2.24) is 14.3 Å². The SMILES string of the molecule is Cc1ccccc1CS(=O)(=O)NCc1ccc(-n2ccnc2)cc1. The van der Waals surface area contributed by atoms with Crippen LogP contribution in [0.1, 0.15) is 16.7 Å². The lowest BCUT2D eigenvalue weighted by atomic mass is 10.1. The van der Waals surface area contributed by atoms with Gasteiger partial charge in [-0.3, -0.25) is 0 Å². The van der Waals surface area contributed by atoms with E-state index in [2.05, 4.69) is 9.71 Å². The second kappa shape index (κ2) is 6.98. The summed E-state index contributed by atoms with van der Waals surface area (Å²) in [4.78, 5) is 4.01. The fourth-order valence-electron chi connectivity index (χ4n) is 2.42. The zero-order valence-corrected chi connectivity index (χ0v) is 14.2. The van der Waals surface area contributed by atoms with Crippen LogP contribution in [0.2, 0.25) is 0 Å². The molecule has 0 saturated heterocycles. The van der Waals surface area contributed by atoms with Gasteiger partial charge in [-0.2, -0.15) is 0 Å². The number of sulfonamides is 1. The van der Waals surface area contributed by atoms with Gasteiger partial charge in [-0.15, -0.1) is 0 Å². The van der Waals surface area contributed by atoms with Crippen LogP contribution < -0.4 is 4.72 Å². The molecule has 0 spiro atoms. The predicted molar refractivity (Wildman–Crippen MR) is 94.2 cm³/mol. The van der Waals surface area contributed by atoms with E-state index in [-0.39, 0.29) is 12.3 Å². The van der Waals surface area contributed by atoms with E-state index in [4.69, 9.17) is 0 Å². The average molecular weight is 341 g/mol. The first-order valence-electron chi connectivity index (χ1n) is 7.63. The smallest absolute Gasteiger partial charge is 0.216 e. The van der Waals surface area contributed by atoms with Crippen LogP contribution in [0.15, 0.2) is 67.3 Å². The van der Waals surface area contributed by atoms with Gasteiger partial charge in [-0.05, 0) is 35.7 Å². The number of hydrogen-bond donors (Lipinski definition) is 1. The van der Waals surface area contributed by atoms with E-state index in [0.29, 0.717) is 0 Å². The zero-order chi connectivity index (χ0) is 17.0. The van der Waals surface area contributed by atoms with Gasteiger partial charge in [0.15, 0.2) is 0 Å². The van der Waals surface area contributed by atoms with Gasteiger partial charge < -0.3 is 4.57 Å². The normalized spacial score (nSPS) is 11.5. The van der Waals surface area contributed by atoms with Crippen molar-refractivity contribution in [2.75, 3.05) is 0 Å². The first-order chi connectivity index (χ1) is 11.5. The summed E-state index contributed by atoms with van der Waals surface area (Å²) in [5, 5.41) is 0. The van der Waals surface area contributed by atoms with E-state index in [0.717, 1.165) is 22.4 Å². The molecule has 1 aromatic heterocycles. The minimum absolute atomic E-state index is 0.00715. The summed E-state index contributed by atoms with van der Waals surface area (Å²) in [5.41, 5.74) is 3.69. The molecule has 6 heteroatoms. The molecule has 5 nitrogen and oxygen atoms in total. The van der Waals surface area contributed by atoms with E-state index in [1.54, 1.807) is 12.5 Å². The minimum Gasteiger partial charge on any atom is -0.306 e. The highest BCUT2D eigenvalue weighted by molar-refractivity contribution is 7.88. The third-order valence-electron chi connectivity index (χ3n) is 3.84. The lowest BCUT2D eigenvalue weighted by Gasteiger charge is -2.09. The second-order valence-electron chi connectivity index (χ2n) is 5.64. The summed E-state index contributed by atoms with van der Waals surface area (Å²) in [6, 6.07) is 15.2. The van der Waals surface area contributed by atoms with Crippen LogP contribution in [-0.4, -0.2) is 18.0 Å². The number of aryl methyl sites for hydroxylation is 1. The van der Waals surface area contributed by atoms with Crippen LogP contribution in [0, 0.1) is 6.92 Å². The van der Waals surface area contributed by atoms with Gasteiger partial charge in [0.25, 0.3) is 0 Å².